The summed E-state index contributed by atoms with van der Waals surface area (Å²) >= 11 is 0. The van der Waals surface area contributed by atoms with Gasteiger partial charge in [0.25, 0.3) is 0 Å². The number of nitrogens with zero attached hydrogens (tertiary/aromatic N) is 1. The normalized spacial score (nSPS) is 12.0. The van der Waals surface area contributed by atoms with E-state index < -0.39 is 23.3 Å². The number of hydrogen-bond donors (Lipinski definition) is 1. The molecule has 0 aliphatic heterocycles. The molecule has 1 aromatic rings. The summed E-state index contributed by atoms with van der Waals surface area (Å²) in [5.74, 6) is -0.844. The average molecular weight is 397 g/mol. The number of alkyl carbamates (subject to hydrolysis) is 1. The van der Waals surface area contributed by atoms with Gasteiger partial charge in [-0.3, -0.25) is 0 Å². The zero-order chi connectivity index (χ0) is 21.5. The second-order valence-electron chi connectivity index (χ2n) is 8.83. The quantitative estimate of drug-likeness (QED) is 0.554. The first-order chi connectivity index (χ1) is 12.8. The number of ether oxygens (including phenoxy) is 2. The molecule has 7 heteroatoms. The number of hydrogen-bond acceptors (Lipinski definition) is 5. The molecule has 6 nitrogen and oxygen atoms in total. The molecule has 158 valence electrons. The highest BCUT2D eigenvalue weighted by molar-refractivity contribution is 5.89. The molecule has 1 rings (SSSR count). The zero-order valence-corrected chi connectivity index (χ0v) is 18.0. The van der Waals surface area contributed by atoms with Gasteiger partial charge in [0, 0.05) is 18.7 Å². The van der Waals surface area contributed by atoms with Crippen molar-refractivity contribution < 1.29 is 23.5 Å². The monoisotopic (exact) mass is 396 g/mol. The van der Waals surface area contributed by atoms with E-state index in [1.165, 1.54) is 18.2 Å². The molecule has 0 unspecified atom stereocenters. The van der Waals surface area contributed by atoms with Gasteiger partial charge in [0.05, 0.1) is 5.56 Å². The Morgan fingerprint density at radius 2 is 1.68 bits per heavy atom. The highest BCUT2D eigenvalue weighted by Crippen LogP contribution is 2.17. The van der Waals surface area contributed by atoms with Gasteiger partial charge in [0.2, 0.25) is 0 Å². The fourth-order valence-electron chi connectivity index (χ4n) is 2.38. The number of benzene rings is 1. The van der Waals surface area contributed by atoms with Crippen LogP contribution in [0, 0.1) is 5.82 Å². The van der Waals surface area contributed by atoms with Gasteiger partial charge in [-0.2, -0.15) is 0 Å². The molecule has 0 aromatic heterocycles. The Balaban J connectivity index is 2.53. The predicted octanol–water partition coefficient (Wildman–Crippen LogP) is 4.13. The molecule has 0 atom stereocenters. The standard InChI is InChI=1S/C21H33FN2O4/c1-20(2,3)27-18(25)15-9-10-17(22)16(13-15)14-24(7)12-8-11-23-19(26)28-21(4,5)6/h9-10,13H,8,11-12,14H2,1-7H3,(H,23,26). The third kappa shape index (κ3) is 9.69. The largest absolute Gasteiger partial charge is 0.456 e. The fourth-order valence-corrected chi connectivity index (χ4v) is 2.38. The van der Waals surface area contributed by atoms with Crippen LogP contribution in [-0.2, 0) is 16.0 Å². The van der Waals surface area contributed by atoms with Crippen molar-refractivity contribution in [1.82, 2.24) is 10.2 Å². The van der Waals surface area contributed by atoms with Crippen LogP contribution >= 0.6 is 0 Å². The van der Waals surface area contributed by atoms with E-state index >= 15 is 0 Å². The molecule has 0 heterocycles. The minimum Gasteiger partial charge on any atom is -0.456 e. The Hall–Kier alpha value is -2.15. The van der Waals surface area contributed by atoms with E-state index in [4.69, 9.17) is 9.47 Å². The van der Waals surface area contributed by atoms with Gasteiger partial charge >= 0.3 is 12.1 Å². The average Bonchev–Trinajstić information content (AvgIpc) is 2.50. The van der Waals surface area contributed by atoms with Crippen molar-refractivity contribution in [2.75, 3.05) is 20.1 Å². The molecule has 0 radical (unpaired) electrons. The molecule has 1 aromatic carbocycles. The second-order valence-corrected chi connectivity index (χ2v) is 8.83. The molecule has 0 aliphatic rings. The predicted molar refractivity (Wildman–Crippen MR) is 107 cm³/mol. The molecule has 28 heavy (non-hydrogen) atoms. The summed E-state index contributed by atoms with van der Waals surface area (Å²) in [6.45, 7) is 12.2. The molecular formula is C21H33FN2O4. The highest BCUT2D eigenvalue weighted by Gasteiger charge is 2.19. The molecule has 1 N–H and O–H groups in total. The Bertz CT molecular complexity index is 678. The summed E-state index contributed by atoms with van der Waals surface area (Å²) in [4.78, 5) is 25.7. The van der Waals surface area contributed by atoms with Crippen molar-refractivity contribution >= 4 is 12.1 Å². The molecule has 0 spiro atoms. The smallest absolute Gasteiger partial charge is 0.407 e. The van der Waals surface area contributed by atoms with Gasteiger partial charge in [0.15, 0.2) is 0 Å². The van der Waals surface area contributed by atoms with Gasteiger partial charge in [-0.05, 0) is 79.8 Å². The number of nitrogens with one attached hydrogen (secondary N) is 1. The number of rotatable bonds is 7. The van der Waals surface area contributed by atoms with Crippen LogP contribution in [0.2, 0.25) is 0 Å². The summed E-state index contributed by atoms with van der Waals surface area (Å²) in [6.07, 6.45) is 0.231. The maximum Gasteiger partial charge on any atom is 0.407 e. The first kappa shape index (κ1) is 23.9. The van der Waals surface area contributed by atoms with Crippen LogP contribution in [0.4, 0.5) is 9.18 Å². The van der Waals surface area contributed by atoms with E-state index in [0.29, 0.717) is 37.2 Å². The summed E-state index contributed by atoms with van der Waals surface area (Å²) < 4.78 is 24.6. The van der Waals surface area contributed by atoms with Crippen LogP contribution in [0.15, 0.2) is 18.2 Å². The van der Waals surface area contributed by atoms with Crippen LogP contribution in [-0.4, -0.2) is 48.3 Å². The molecule has 0 bridgehead atoms. The van der Waals surface area contributed by atoms with Gasteiger partial charge in [0.1, 0.15) is 17.0 Å². The summed E-state index contributed by atoms with van der Waals surface area (Å²) in [5.41, 5.74) is -0.390. The molecule has 0 saturated heterocycles. The highest BCUT2D eigenvalue weighted by atomic mass is 19.1. The second kappa shape index (κ2) is 9.87. The van der Waals surface area contributed by atoms with Crippen LogP contribution in [0.1, 0.15) is 63.9 Å². The summed E-state index contributed by atoms with van der Waals surface area (Å²) in [5, 5.41) is 2.69. The summed E-state index contributed by atoms with van der Waals surface area (Å²) in [6, 6.07) is 4.24. The lowest BCUT2D eigenvalue weighted by Crippen LogP contribution is -2.34. The maximum absolute atomic E-state index is 14.1. The van der Waals surface area contributed by atoms with E-state index in [9.17, 15) is 14.0 Å². The summed E-state index contributed by atoms with van der Waals surface area (Å²) in [7, 11) is 1.85. The topological polar surface area (TPSA) is 67.9 Å². The minimum absolute atomic E-state index is 0.325. The van der Waals surface area contributed by atoms with Gasteiger partial charge in [-0.15, -0.1) is 0 Å². The van der Waals surface area contributed by atoms with Crippen LogP contribution in [0.5, 0.6) is 0 Å². The van der Waals surface area contributed by atoms with E-state index in [2.05, 4.69) is 5.32 Å². The van der Waals surface area contributed by atoms with Crippen molar-refractivity contribution in [2.24, 2.45) is 0 Å². The van der Waals surface area contributed by atoms with E-state index in [-0.39, 0.29) is 5.82 Å². The Kier molecular flexibility index (Phi) is 8.42. The molecule has 0 aliphatic carbocycles. The van der Waals surface area contributed by atoms with Gasteiger partial charge < -0.3 is 19.7 Å². The fraction of sp³-hybridized carbons (Fsp3) is 0.619. The van der Waals surface area contributed by atoms with Gasteiger partial charge in [-0.25, -0.2) is 14.0 Å². The number of carbonyl (C=O) groups is 2. The van der Waals surface area contributed by atoms with Crippen molar-refractivity contribution in [1.29, 1.82) is 0 Å². The number of esters is 1. The lowest BCUT2D eigenvalue weighted by molar-refractivity contribution is 0.00689. The SMILES string of the molecule is CN(CCCNC(=O)OC(C)(C)C)Cc1cc(C(=O)OC(C)(C)C)ccc1F. The minimum atomic E-state index is -0.608. The number of halogens is 1. The molecule has 0 fully saturated rings. The van der Waals surface area contributed by atoms with Crippen molar-refractivity contribution in [3.63, 3.8) is 0 Å². The Morgan fingerprint density at radius 1 is 1.07 bits per heavy atom. The Labute approximate surface area is 167 Å². The zero-order valence-electron chi connectivity index (χ0n) is 18.0. The molecular weight excluding hydrogens is 363 g/mol. The third-order valence-corrected chi connectivity index (χ3v) is 3.51. The molecule has 1 amide bonds. The Morgan fingerprint density at radius 3 is 2.25 bits per heavy atom. The number of amides is 1. The first-order valence-electron chi connectivity index (χ1n) is 9.44. The van der Waals surface area contributed by atoms with Crippen molar-refractivity contribution in [3.05, 3.63) is 35.1 Å². The first-order valence-corrected chi connectivity index (χ1v) is 9.44. The maximum atomic E-state index is 14.1. The lowest BCUT2D eigenvalue weighted by atomic mass is 10.1. The molecule has 0 saturated carbocycles. The van der Waals surface area contributed by atoms with E-state index in [1.807, 2.05) is 11.9 Å². The van der Waals surface area contributed by atoms with Crippen molar-refractivity contribution in [3.8, 4) is 0 Å². The van der Waals surface area contributed by atoms with E-state index in [1.54, 1.807) is 41.5 Å². The van der Waals surface area contributed by atoms with Crippen LogP contribution in [0.25, 0.3) is 0 Å². The van der Waals surface area contributed by atoms with E-state index in [0.717, 1.165) is 0 Å². The van der Waals surface area contributed by atoms with Crippen LogP contribution < -0.4 is 5.32 Å². The van der Waals surface area contributed by atoms with Gasteiger partial charge in [-0.1, -0.05) is 0 Å². The third-order valence-electron chi connectivity index (χ3n) is 3.51. The lowest BCUT2D eigenvalue weighted by Gasteiger charge is -2.21. The van der Waals surface area contributed by atoms with Crippen molar-refractivity contribution in [2.45, 2.75) is 65.7 Å². The number of carbonyl (C=O) groups excluding carboxylic acids is 2. The van der Waals surface area contributed by atoms with Crippen LogP contribution in [0.3, 0.4) is 0 Å².